The van der Waals surface area contributed by atoms with E-state index in [1.54, 1.807) is 18.2 Å². The standard InChI is InChI=1S/C13H17BrO4/c1-4-17-11-7-9(12(14)13(15)16)5-6-10(11)18-8(2)3/h5-8,12H,4H2,1-3H3,(H,15,16). The number of carboxylic acids is 1. The minimum Gasteiger partial charge on any atom is -0.490 e. The third-order valence-electron chi connectivity index (χ3n) is 2.14. The van der Waals surface area contributed by atoms with Gasteiger partial charge in [0.2, 0.25) is 0 Å². The predicted octanol–water partition coefficient (Wildman–Crippen LogP) is 3.39. The summed E-state index contributed by atoms with van der Waals surface area (Å²) in [6.07, 6.45) is 0.0364. The molecule has 18 heavy (non-hydrogen) atoms. The average Bonchev–Trinajstić information content (AvgIpc) is 2.30. The first-order valence-corrected chi connectivity index (χ1v) is 6.67. The number of benzene rings is 1. The van der Waals surface area contributed by atoms with Crippen LogP contribution in [-0.4, -0.2) is 23.8 Å². The van der Waals surface area contributed by atoms with Crippen molar-refractivity contribution in [1.82, 2.24) is 0 Å². The third-order valence-corrected chi connectivity index (χ3v) is 3.06. The number of carboxylic acid groups (broad SMARTS) is 1. The molecule has 0 spiro atoms. The lowest BCUT2D eigenvalue weighted by Crippen LogP contribution is -2.09. The van der Waals surface area contributed by atoms with Crippen LogP contribution in [0, 0.1) is 0 Å². The van der Waals surface area contributed by atoms with E-state index in [9.17, 15) is 4.79 Å². The molecule has 0 radical (unpaired) electrons. The minimum absolute atomic E-state index is 0.0364. The predicted molar refractivity (Wildman–Crippen MR) is 72.7 cm³/mol. The molecule has 5 heteroatoms. The smallest absolute Gasteiger partial charge is 0.321 e. The Hall–Kier alpha value is -1.23. The van der Waals surface area contributed by atoms with Crippen molar-refractivity contribution in [3.8, 4) is 11.5 Å². The van der Waals surface area contributed by atoms with Gasteiger partial charge in [0.25, 0.3) is 0 Å². The fourth-order valence-corrected chi connectivity index (χ4v) is 1.73. The molecule has 1 atom stereocenters. The van der Waals surface area contributed by atoms with Gasteiger partial charge in [-0.3, -0.25) is 4.79 Å². The largest absolute Gasteiger partial charge is 0.490 e. The first kappa shape index (κ1) is 14.8. The molecular weight excluding hydrogens is 300 g/mol. The van der Waals surface area contributed by atoms with Gasteiger partial charge in [0.05, 0.1) is 12.7 Å². The number of hydrogen-bond donors (Lipinski definition) is 1. The van der Waals surface area contributed by atoms with Crippen molar-refractivity contribution in [2.24, 2.45) is 0 Å². The molecule has 0 saturated heterocycles. The Morgan fingerprint density at radius 2 is 2.06 bits per heavy atom. The van der Waals surface area contributed by atoms with Gasteiger partial charge in [-0.05, 0) is 38.5 Å². The highest BCUT2D eigenvalue weighted by molar-refractivity contribution is 9.09. The van der Waals surface area contributed by atoms with E-state index in [2.05, 4.69) is 15.9 Å². The van der Waals surface area contributed by atoms with E-state index in [4.69, 9.17) is 14.6 Å². The molecule has 0 saturated carbocycles. The van der Waals surface area contributed by atoms with E-state index in [-0.39, 0.29) is 6.10 Å². The minimum atomic E-state index is -0.935. The lowest BCUT2D eigenvalue weighted by molar-refractivity contribution is -0.136. The van der Waals surface area contributed by atoms with Crippen LogP contribution >= 0.6 is 15.9 Å². The van der Waals surface area contributed by atoms with Crippen LogP contribution in [0.2, 0.25) is 0 Å². The number of carbonyl (C=O) groups is 1. The van der Waals surface area contributed by atoms with Crippen LogP contribution in [0.4, 0.5) is 0 Å². The van der Waals surface area contributed by atoms with Gasteiger partial charge in [-0.2, -0.15) is 0 Å². The fraction of sp³-hybridized carbons (Fsp3) is 0.462. The lowest BCUT2D eigenvalue weighted by atomic mass is 10.1. The maximum atomic E-state index is 10.9. The molecule has 0 aromatic heterocycles. The number of hydrogen-bond acceptors (Lipinski definition) is 3. The molecule has 1 aromatic carbocycles. The van der Waals surface area contributed by atoms with Crippen LogP contribution in [0.5, 0.6) is 11.5 Å². The highest BCUT2D eigenvalue weighted by Gasteiger charge is 2.18. The Kier molecular flexibility index (Phi) is 5.47. The Balaban J connectivity index is 3.05. The van der Waals surface area contributed by atoms with Gasteiger partial charge < -0.3 is 14.6 Å². The zero-order chi connectivity index (χ0) is 13.7. The second kappa shape index (κ2) is 6.64. The van der Waals surface area contributed by atoms with Gasteiger partial charge in [-0.15, -0.1) is 0 Å². The molecule has 100 valence electrons. The number of ether oxygens (including phenoxy) is 2. The van der Waals surface area contributed by atoms with Gasteiger partial charge in [0.1, 0.15) is 4.83 Å². The molecule has 4 nitrogen and oxygen atoms in total. The summed E-state index contributed by atoms with van der Waals surface area (Å²) in [5.74, 6) is 0.255. The first-order valence-electron chi connectivity index (χ1n) is 5.76. The Labute approximate surface area is 115 Å². The number of alkyl halides is 1. The third kappa shape index (κ3) is 3.91. The van der Waals surface area contributed by atoms with Gasteiger partial charge in [0.15, 0.2) is 11.5 Å². The topological polar surface area (TPSA) is 55.8 Å². The summed E-state index contributed by atoms with van der Waals surface area (Å²) < 4.78 is 11.1. The van der Waals surface area contributed by atoms with Crippen molar-refractivity contribution in [2.75, 3.05) is 6.61 Å². The molecular formula is C13H17BrO4. The van der Waals surface area contributed by atoms with Crippen LogP contribution in [0.1, 0.15) is 31.2 Å². The molecule has 1 rings (SSSR count). The summed E-state index contributed by atoms with van der Waals surface area (Å²) in [6.45, 7) is 6.22. The van der Waals surface area contributed by atoms with E-state index < -0.39 is 10.8 Å². The summed E-state index contributed by atoms with van der Waals surface area (Å²) in [4.78, 5) is 10.2. The van der Waals surface area contributed by atoms with Crippen LogP contribution in [0.25, 0.3) is 0 Å². The quantitative estimate of drug-likeness (QED) is 0.817. The van der Waals surface area contributed by atoms with Crippen LogP contribution in [-0.2, 0) is 4.79 Å². The molecule has 0 fully saturated rings. The molecule has 1 aromatic rings. The molecule has 0 aliphatic heterocycles. The van der Waals surface area contributed by atoms with E-state index in [1.807, 2.05) is 20.8 Å². The number of halogens is 1. The molecule has 0 bridgehead atoms. The molecule has 0 aliphatic rings. The highest BCUT2D eigenvalue weighted by atomic mass is 79.9. The zero-order valence-electron chi connectivity index (χ0n) is 10.6. The van der Waals surface area contributed by atoms with Gasteiger partial charge >= 0.3 is 5.97 Å². The normalized spacial score (nSPS) is 12.3. The van der Waals surface area contributed by atoms with Crippen LogP contribution in [0.15, 0.2) is 18.2 Å². The molecule has 0 amide bonds. The van der Waals surface area contributed by atoms with Gasteiger partial charge in [-0.25, -0.2) is 0 Å². The SMILES string of the molecule is CCOc1cc(C(Br)C(=O)O)ccc1OC(C)C. The number of rotatable bonds is 6. The highest BCUT2D eigenvalue weighted by Crippen LogP contribution is 2.34. The average molecular weight is 317 g/mol. The number of aliphatic carboxylic acids is 1. The van der Waals surface area contributed by atoms with E-state index >= 15 is 0 Å². The fourth-order valence-electron chi connectivity index (χ4n) is 1.44. The van der Waals surface area contributed by atoms with Gasteiger partial charge in [-0.1, -0.05) is 22.0 Å². The van der Waals surface area contributed by atoms with E-state index in [0.717, 1.165) is 0 Å². The van der Waals surface area contributed by atoms with E-state index in [1.165, 1.54) is 0 Å². The zero-order valence-corrected chi connectivity index (χ0v) is 12.2. The Bertz CT molecular complexity index is 417. The lowest BCUT2D eigenvalue weighted by Gasteiger charge is -2.16. The van der Waals surface area contributed by atoms with Gasteiger partial charge in [0, 0.05) is 0 Å². The molecule has 1 unspecified atom stereocenters. The second-order valence-corrected chi connectivity index (χ2v) is 4.92. The maximum Gasteiger partial charge on any atom is 0.321 e. The van der Waals surface area contributed by atoms with Crippen molar-refractivity contribution in [2.45, 2.75) is 31.7 Å². The second-order valence-electron chi connectivity index (χ2n) is 4.01. The first-order chi connectivity index (χ1) is 8.45. The molecule has 1 N–H and O–H groups in total. The maximum absolute atomic E-state index is 10.9. The van der Waals surface area contributed by atoms with Crippen molar-refractivity contribution >= 4 is 21.9 Å². The Morgan fingerprint density at radius 1 is 1.39 bits per heavy atom. The van der Waals surface area contributed by atoms with Crippen LogP contribution in [0.3, 0.4) is 0 Å². The summed E-state index contributed by atoms with van der Waals surface area (Å²) in [5, 5.41) is 8.95. The van der Waals surface area contributed by atoms with Crippen molar-refractivity contribution < 1.29 is 19.4 Å². The molecule has 0 heterocycles. The summed E-state index contributed by atoms with van der Waals surface area (Å²) >= 11 is 3.12. The summed E-state index contributed by atoms with van der Waals surface area (Å²) in [7, 11) is 0. The Morgan fingerprint density at radius 3 is 2.56 bits per heavy atom. The van der Waals surface area contributed by atoms with Crippen molar-refractivity contribution in [3.63, 3.8) is 0 Å². The van der Waals surface area contributed by atoms with E-state index in [0.29, 0.717) is 23.7 Å². The van der Waals surface area contributed by atoms with Crippen LogP contribution < -0.4 is 9.47 Å². The summed E-state index contributed by atoms with van der Waals surface area (Å²) in [5.41, 5.74) is 0.627. The molecule has 0 aliphatic carbocycles. The van der Waals surface area contributed by atoms with Crippen molar-refractivity contribution in [1.29, 1.82) is 0 Å². The monoisotopic (exact) mass is 316 g/mol. The summed E-state index contributed by atoms with van der Waals surface area (Å²) in [6, 6.07) is 5.14. The van der Waals surface area contributed by atoms with Crippen molar-refractivity contribution in [3.05, 3.63) is 23.8 Å².